The first-order valence-electron chi connectivity index (χ1n) is 6.82. The second-order valence-corrected chi connectivity index (χ2v) is 5.07. The summed E-state index contributed by atoms with van der Waals surface area (Å²) in [5.74, 6) is -0.770. The number of aliphatic hydroxyl groups excluding tert-OH is 5. The van der Waals surface area contributed by atoms with Crippen LogP contribution in [0.3, 0.4) is 0 Å². The lowest BCUT2D eigenvalue weighted by Gasteiger charge is -2.25. The predicted molar refractivity (Wildman–Crippen MR) is 79.4 cm³/mol. The quantitative estimate of drug-likeness (QED) is 0.457. The summed E-state index contributed by atoms with van der Waals surface area (Å²) in [4.78, 5) is 12.4. The first kappa shape index (κ1) is 16.5. The van der Waals surface area contributed by atoms with Crippen LogP contribution in [0, 0.1) is 0 Å². The number of carbonyl (C=O) groups is 1. The van der Waals surface area contributed by atoms with E-state index in [1.54, 1.807) is 30.3 Å². The van der Waals surface area contributed by atoms with Gasteiger partial charge < -0.3 is 25.5 Å². The van der Waals surface area contributed by atoms with Crippen LogP contribution in [-0.2, 0) is 0 Å². The highest BCUT2D eigenvalue weighted by molar-refractivity contribution is 6.10. The van der Waals surface area contributed by atoms with Crippen molar-refractivity contribution >= 4 is 16.6 Å². The van der Waals surface area contributed by atoms with Crippen LogP contribution in [-0.4, -0.2) is 62.3 Å². The van der Waals surface area contributed by atoms with E-state index in [-0.39, 0.29) is 5.56 Å². The van der Waals surface area contributed by atoms with Gasteiger partial charge in [0.05, 0.1) is 6.61 Å². The van der Waals surface area contributed by atoms with Gasteiger partial charge in [-0.05, 0) is 10.8 Å². The normalized spacial score (nSPS) is 17.0. The van der Waals surface area contributed by atoms with Crippen LogP contribution in [0.4, 0.5) is 0 Å². The van der Waals surface area contributed by atoms with Crippen molar-refractivity contribution in [1.82, 2.24) is 0 Å². The fraction of sp³-hybridized carbons (Fsp3) is 0.312. The zero-order valence-corrected chi connectivity index (χ0v) is 11.7. The maximum atomic E-state index is 12.4. The molecule has 0 heterocycles. The Labute approximate surface area is 126 Å². The Morgan fingerprint density at radius 3 is 2.23 bits per heavy atom. The number of Topliss-reactive ketones (excluding diaryl/α,β-unsaturated/α-hetero) is 1. The van der Waals surface area contributed by atoms with E-state index in [0.29, 0.717) is 5.39 Å². The largest absolute Gasteiger partial charge is 0.394 e. The number of hydrogen-bond acceptors (Lipinski definition) is 6. The van der Waals surface area contributed by atoms with Gasteiger partial charge >= 0.3 is 0 Å². The van der Waals surface area contributed by atoms with Crippen LogP contribution >= 0.6 is 0 Å². The Bertz CT molecular complexity index is 651. The summed E-state index contributed by atoms with van der Waals surface area (Å²) in [6.45, 7) is -0.798. The van der Waals surface area contributed by atoms with Gasteiger partial charge in [-0.2, -0.15) is 0 Å². The summed E-state index contributed by atoms with van der Waals surface area (Å²) < 4.78 is 0. The van der Waals surface area contributed by atoms with Crippen LogP contribution in [0.15, 0.2) is 42.5 Å². The van der Waals surface area contributed by atoms with E-state index in [2.05, 4.69) is 0 Å². The number of hydrogen-bond donors (Lipinski definition) is 5. The Morgan fingerprint density at radius 1 is 0.909 bits per heavy atom. The molecule has 6 heteroatoms. The highest BCUT2D eigenvalue weighted by atomic mass is 16.4. The lowest BCUT2D eigenvalue weighted by Crippen LogP contribution is -2.48. The van der Waals surface area contributed by atoms with E-state index >= 15 is 0 Å². The maximum absolute atomic E-state index is 12.4. The van der Waals surface area contributed by atoms with Crippen molar-refractivity contribution in [2.45, 2.75) is 24.4 Å². The van der Waals surface area contributed by atoms with Gasteiger partial charge in [0.15, 0.2) is 5.78 Å². The van der Waals surface area contributed by atoms with Gasteiger partial charge in [-0.3, -0.25) is 4.79 Å². The minimum Gasteiger partial charge on any atom is -0.394 e. The van der Waals surface area contributed by atoms with Crippen molar-refractivity contribution < 1.29 is 30.3 Å². The molecule has 0 saturated carbocycles. The molecule has 6 nitrogen and oxygen atoms in total. The van der Waals surface area contributed by atoms with Gasteiger partial charge in [-0.25, -0.2) is 0 Å². The molecule has 5 N–H and O–H groups in total. The zero-order chi connectivity index (χ0) is 16.3. The second kappa shape index (κ2) is 6.95. The average Bonchev–Trinajstić information content (AvgIpc) is 2.57. The number of aliphatic hydroxyl groups is 5. The molecular formula is C16H18O6. The molecule has 0 fully saturated rings. The third-order valence-electron chi connectivity index (χ3n) is 3.58. The smallest absolute Gasteiger partial charge is 0.194 e. The first-order chi connectivity index (χ1) is 10.5. The van der Waals surface area contributed by atoms with Crippen LogP contribution in [0.25, 0.3) is 10.8 Å². The van der Waals surface area contributed by atoms with E-state index < -0.39 is 36.8 Å². The third kappa shape index (κ3) is 3.16. The van der Waals surface area contributed by atoms with Gasteiger partial charge in [-0.15, -0.1) is 0 Å². The summed E-state index contributed by atoms with van der Waals surface area (Å²) >= 11 is 0. The van der Waals surface area contributed by atoms with Crippen molar-refractivity contribution in [2.24, 2.45) is 0 Å². The summed E-state index contributed by atoms with van der Waals surface area (Å²) in [7, 11) is 0. The van der Waals surface area contributed by atoms with E-state index in [4.69, 9.17) is 5.11 Å². The fourth-order valence-electron chi connectivity index (χ4n) is 2.28. The zero-order valence-electron chi connectivity index (χ0n) is 11.7. The number of benzene rings is 2. The highest BCUT2D eigenvalue weighted by Gasteiger charge is 2.34. The number of rotatable bonds is 6. The van der Waals surface area contributed by atoms with E-state index in [1.165, 1.54) is 6.07 Å². The molecule has 0 aliphatic rings. The van der Waals surface area contributed by atoms with Crippen molar-refractivity contribution in [2.75, 3.05) is 6.61 Å². The molecule has 2 aromatic rings. The molecule has 0 bridgehead atoms. The Balaban J connectivity index is 2.30. The van der Waals surface area contributed by atoms with Crippen LogP contribution in [0.2, 0.25) is 0 Å². The van der Waals surface area contributed by atoms with E-state index in [9.17, 15) is 25.2 Å². The molecule has 0 aliphatic carbocycles. The standard InChI is InChI=1S/C16H18O6/c17-8-12(18)14(20)16(22)15(21)13(19)11-7-3-5-9-4-1-2-6-10(9)11/h1-7,12,14-18,20-22H,8H2/t12-,14-,15+,16+/m1/s1. The molecule has 0 aromatic heterocycles. The summed E-state index contributed by atoms with van der Waals surface area (Å²) in [5, 5.41) is 48.8. The molecule has 0 aliphatic heterocycles. The Kier molecular flexibility index (Phi) is 5.23. The molecule has 0 spiro atoms. The number of fused-ring (bicyclic) bond motifs is 1. The number of ketones is 1. The summed E-state index contributed by atoms with van der Waals surface area (Å²) in [6, 6.07) is 12.0. The molecule has 0 amide bonds. The van der Waals surface area contributed by atoms with E-state index in [1.807, 2.05) is 6.07 Å². The monoisotopic (exact) mass is 306 g/mol. The molecule has 0 saturated heterocycles. The Hall–Kier alpha value is -1.83. The summed E-state index contributed by atoms with van der Waals surface area (Å²) in [6.07, 6.45) is -7.31. The predicted octanol–water partition coefficient (Wildman–Crippen LogP) is -0.542. The van der Waals surface area contributed by atoms with Gasteiger partial charge in [0.1, 0.15) is 24.4 Å². The molecule has 118 valence electrons. The van der Waals surface area contributed by atoms with Gasteiger partial charge in [0, 0.05) is 5.56 Å². The first-order valence-corrected chi connectivity index (χ1v) is 6.82. The lowest BCUT2D eigenvalue weighted by molar-refractivity contribution is -0.105. The lowest BCUT2D eigenvalue weighted by atomic mass is 9.93. The molecule has 4 atom stereocenters. The molecule has 2 rings (SSSR count). The molecule has 0 radical (unpaired) electrons. The second-order valence-electron chi connectivity index (χ2n) is 5.07. The van der Waals surface area contributed by atoms with Crippen molar-refractivity contribution in [3.05, 3.63) is 48.0 Å². The van der Waals surface area contributed by atoms with Crippen molar-refractivity contribution in [3.8, 4) is 0 Å². The minimum atomic E-state index is -1.91. The third-order valence-corrected chi connectivity index (χ3v) is 3.58. The fourth-order valence-corrected chi connectivity index (χ4v) is 2.28. The van der Waals surface area contributed by atoms with Crippen molar-refractivity contribution in [3.63, 3.8) is 0 Å². The molecular weight excluding hydrogens is 288 g/mol. The van der Waals surface area contributed by atoms with E-state index in [0.717, 1.165) is 5.39 Å². The Morgan fingerprint density at radius 2 is 1.55 bits per heavy atom. The van der Waals surface area contributed by atoms with Crippen LogP contribution < -0.4 is 0 Å². The minimum absolute atomic E-state index is 0.204. The molecule has 2 aromatic carbocycles. The van der Waals surface area contributed by atoms with Gasteiger partial charge in [0.25, 0.3) is 0 Å². The van der Waals surface area contributed by atoms with Gasteiger partial charge in [-0.1, -0.05) is 42.5 Å². The summed E-state index contributed by atoms with van der Waals surface area (Å²) in [5.41, 5.74) is 0.204. The van der Waals surface area contributed by atoms with Crippen molar-refractivity contribution in [1.29, 1.82) is 0 Å². The topological polar surface area (TPSA) is 118 Å². The van der Waals surface area contributed by atoms with Crippen LogP contribution in [0.5, 0.6) is 0 Å². The molecule has 0 unspecified atom stereocenters. The van der Waals surface area contributed by atoms with Crippen LogP contribution in [0.1, 0.15) is 10.4 Å². The molecule has 22 heavy (non-hydrogen) atoms. The SMILES string of the molecule is O=C(c1cccc2ccccc12)[C@H](O)[C@@H](O)[C@H](O)[C@H](O)CO. The van der Waals surface area contributed by atoms with Gasteiger partial charge in [0.2, 0.25) is 0 Å². The number of carbonyl (C=O) groups excluding carboxylic acids is 1. The maximum Gasteiger partial charge on any atom is 0.194 e. The average molecular weight is 306 g/mol. The highest BCUT2D eigenvalue weighted by Crippen LogP contribution is 2.21.